The lowest BCUT2D eigenvalue weighted by Crippen LogP contribution is -2.17. The van der Waals surface area contributed by atoms with Crippen molar-refractivity contribution in [1.29, 1.82) is 0 Å². The molecule has 5 aromatic heterocycles. The average Bonchev–Trinajstić information content (AvgIpc) is 3.93. The van der Waals surface area contributed by atoms with E-state index in [0.717, 1.165) is 0 Å². The molecule has 6 aromatic rings. The summed E-state index contributed by atoms with van der Waals surface area (Å²) in [4.78, 5) is 84.4. The Bertz CT molecular complexity index is 2580. The number of nitrogens with zero attached hydrogens (tertiary/aromatic N) is 7. The van der Waals surface area contributed by atoms with Crippen molar-refractivity contribution in [3.05, 3.63) is 82.4 Å². The Hall–Kier alpha value is -7.38. The molecule has 5 heterocycles. The highest BCUT2D eigenvalue weighted by atomic mass is 16.5. The van der Waals surface area contributed by atoms with Crippen molar-refractivity contribution in [2.24, 2.45) is 11.5 Å². The molecule has 6 rings (SSSR count). The number of aliphatic carboxylic acids is 1. The number of rotatable bonds is 17. The molecule has 0 atom stereocenters. The molecule has 0 aliphatic rings. The molecule has 0 aliphatic heterocycles. The van der Waals surface area contributed by atoms with E-state index in [2.05, 4.69) is 35.6 Å². The lowest BCUT2D eigenvalue weighted by atomic mass is 10.1. The van der Waals surface area contributed by atoms with Gasteiger partial charge in [0.05, 0.1) is 29.1 Å². The summed E-state index contributed by atoms with van der Waals surface area (Å²) < 4.78 is 20.4. The summed E-state index contributed by atoms with van der Waals surface area (Å²) in [6.45, 7) is 7.08. The fourth-order valence-corrected chi connectivity index (χ4v) is 6.03. The lowest BCUT2D eigenvalue weighted by molar-refractivity contribution is -0.137. The smallest absolute Gasteiger partial charge is 0.303 e. The fourth-order valence-electron chi connectivity index (χ4n) is 6.03. The summed E-state index contributed by atoms with van der Waals surface area (Å²) in [6, 6.07) is 4.33. The Labute approximate surface area is 323 Å². The minimum Gasteiger partial charge on any atom is -0.491 e. The van der Waals surface area contributed by atoms with Gasteiger partial charge in [0.2, 0.25) is 35.2 Å². The highest BCUT2D eigenvalue weighted by Gasteiger charge is 2.24. The van der Waals surface area contributed by atoms with Crippen molar-refractivity contribution in [1.82, 2.24) is 34.1 Å². The summed E-state index contributed by atoms with van der Waals surface area (Å²) in [5.41, 5.74) is 13.5. The largest absolute Gasteiger partial charge is 0.491 e. The predicted octanol–water partition coefficient (Wildman–Crippen LogP) is 3.70. The van der Waals surface area contributed by atoms with Crippen LogP contribution in [0, 0.1) is 13.8 Å². The van der Waals surface area contributed by atoms with Crippen molar-refractivity contribution in [3.63, 3.8) is 0 Å². The maximum atomic E-state index is 13.5. The van der Waals surface area contributed by atoms with Crippen molar-refractivity contribution in [2.75, 3.05) is 17.2 Å². The molecule has 0 unspecified atom stereocenters. The van der Waals surface area contributed by atoms with Crippen molar-refractivity contribution < 1.29 is 42.7 Å². The Kier molecular flexibility index (Phi) is 11.4. The van der Waals surface area contributed by atoms with Crippen LogP contribution in [0.25, 0.3) is 22.2 Å². The number of carbonyl (C=O) groups is 5. The monoisotopic (exact) mass is 781 g/mol. The fraction of sp³-hybridized carbons (Fsp3) is 0.297. The Morgan fingerprint density at radius 1 is 0.789 bits per heavy atom. The van der Waals surface area contributed by atoms with E-state index < -0.39 is 29.6 Å². The van der Waals surface area contributed by atoms with Crippen LogP contribution in [0.2, 0.25) is 0 Å². The number of hydrogen-bond donors (Lipinski definition) is 5. The number of nitrogens with two attached hydrogens (primary N) is 2. The molecule has 7 N–H and O–H groups in total. The number of anilines is 2. The van der Waals surface area contributed by atoms with Gasteiger partial charge in [0.15, 0.2) is 17.4 Å². The summed E-state index contributed by atoms with van der Waals surface area (Å²) in [7, 11) is 0. The number of oxazole rings is 2. The number of carboxylic acid groups (broad SMARTS) is 1. The average molecular weight is 782 g/mol. The molecule has 1 aromatic carbocycles. The first-order valence-corrected chi connectivity index (χ1v) is 17.8. The SMILES string of the molecule is CCc1nc(C)oc1C(=O)Nc1nc2cc(C(N)=O)cnc2n1C/C=C/Cn1c(NC(=O)c2oc(C)nc2CC)nc2cc(C(N)=O)cc(OCCCC(=O)O)c21. The highest BCUT2D eigenvalue weighted by Crippen LogP contribution is 2.32. The third-order valence-corrected chi connectivity index (χ3v) is 8.64. The summed E-state index contributed by atoms with van der Waals surface area (Å²) in [5, 5.41) is 14.7. The Balaban J connectivity index is 1.38. The number of nitrogens with one attached hydrogen (secondary N) is 2. The topological polar surface area (TPSA) is 292 Å². The van der Waals surface area contributed by atoms with Gasteiger partial charge >= 0.3 is 5.97 Å². The number of benzene rings is 1. The number of primary amides is 2. The van der Waals surface area contributed by atoms with Crippen molar-refractivity contribution in [3.8, 4) is 5.75 Å². The van der Waals surface area contributed by atoms with Gasteiger partial charge in [0.1, 0.15) is 16.8 Å². The lowest BCUT2D eigenvalue weighted by Gasteiger charge is -2.12. The van der Waals surface area contributed by atoms with Crippen molar-refractivity contribution in [2.45, 2.75) is 66.5 Å². The minimum atomic E-state index is -1.00. The number of carbonyl (C=O) groups excluding carboxylic acids is 4. The van der Waals surface area contributed by atoms with Gasteiger partial charge in [-0.25, -0.2) is 24.9 Å². The van der Waals surface area contributed by atoms with E-state index in [0.29, 0.717) is 47.2 Å². The standard InChI is InChI=1S/C37H39N11O9/c1-5-22-29(56-18(3)41-22)34(53)45-36-43-24-14-20(31(38)51)16-26(55-13-9-10-27(49)50)28(24)47(36)11-7-8-12-48-33-25(15-21(17-40-33)32(39)52)44-37(48)46-35(54)30-23(6-2)42-19(4)57-30/h7-8,14-17H,5-6,9-13H2,1-4H3,(H2,38,51)(H2,39,52)(H,49,50)(H,43,45,53)(H,44,46,54)/b8-7+. The molecular formula is C37H39N11O9. The van der Waals surface area contributed by atoms with E-state index in [-0.39, 0.29) is 83.9 Å². The number of carboxylic acids is 1. The number of allylic oxidation sites excluding steroid dienone is 2. The maximum Gasteiger partial charge on any atom is 0.303 e. The van der Waals surface area contributed by atoms with Crippen LogP contribution in [-0.4, -0.2) is 75.4 Å². The van der Waals surface area contributed by atoms with E-state index in [1.807, 2.05) is 13.8 Å². The second-order valence-electron chi connectivity index (χ2n) is 12.7. The van der Waals surface area contributed by atoms with Crippen LogP contribution in [0.15, 0.2) is 45.4 Å². The van der Waals surface area contributed by atoms with E-state index >= 15 is 0 Å². The molecule has 0 fully saturated rings. The third kappa shape index (κ3) is 8.48. The van der Waals surface area contributed by atoms with E-state index in [1.54, 1.807) is 35.1 Å². The van der Waals surface area contributed by atoms with Gasteiger partial charge in [-0.05, 0) is 37.5 Å². The van der Waals surface area contributed by atoms with Gasteiger partial charge in [0, 0.05) is 45.1 Å². The Morgan fingerprint density at radius 2 is 1.33 bits per heavy atom. The zero-order valence-electron chi connectivity index (χ0n) is 31.4. The first-order valence-electron chi connectivity index (χ1n) is 17.8. The quantitative estimate of drug-likeness (QED) is 0.0652. The van der Waals surface area contributed by atoms with Crippen LogP contribution in [0.5, 0.6) is 5.75 Å². The van der Waals surface area contributed by atoms with Crippen LogP contribution in [0.4, 0.5) is 11.9 Å². The third-order valence-electron chi connectivity index (χ3n) is 8.64. The molecular weight excluding hydrogens is 742 g/mol. The van der Waals surface area contributed by atoms with Crippen LogP contribution in [-0.2, 0) is 30.7 Å². The normalized spacial score (nSPS) is 11.4. The molecule has 0 radical (unpaired) electrons. The summed E-state index contributed by atoms with van der Waals surface area (Å²) >= 11 is 0. The molecule has 0 aliphatic carbocycles. The number of aromatic nitrogens is 7. The van der Waals surface area contributed by atoms with Crippen LogP contribution in [0.1, 0.15) is 91.7 Å². The van der Waals surface area contributed by atoms with Gasteiger partial charge in [-0.1, -0.05) is 26.0 Å². The summed E-state index contributed by atoms with van der Waals surface area (Å²) in [5.74, 6) is -2.68. The van der Waals surface area contributed by atoms with Crippen LogP contribution >= 0.6 is 0 Å². The first-order chi connectivity index (χ1) is 27.3. The van der Waals surface area contributed by atoms with E-state index in [1.165, 1.54) is 24.4 Å². The molecule has 20 heteroatoms. The second-order valence-corrected chi connectivity index (χ2v) is 12.7. The van der Waals surface area contributed by atoms with E-state index in [4.69, 9.17) is 30.1 Å². The molecule has 296 valence electrons. The predicted molar refractivity (Wildman–Crippen MR) is 203 cm³/mol. The molecule has 0 saturated carbocycles. The molecule has 0 saturated heterocycles. The zero-order valence-corrected chi connectivity index (χ0v) is 31.4. The number of pyridine rings is 1. The van der Waals surface area contributed by atoms with Gasteiger partial charge in [-0.2, -0.15) is 0 Å². The first kappa shape index (κ1) is 39.3. The van der Waals surface area contributed by atoms with Gasteiger partial charge < -0.3 is 34.7 Å². The Morgan fingerprint density at radius 3 is 1.89 bits per heavy atom. The highest BCUT2D eigenvalue weighted by molar-refractivity contribution is 6.05. The molecule has 4 amide bonds. The van der Waals surface area contributed by atoms with E-state index in [9.17, 15) is 24.0 Å². The number of aryl methyl sites for hydroxylation is 4. The summed E-state index contributed by atoms with van der Waals surface area (Å²) in [6.07, 6.45) is 5.68. The van der Waals surface area contributed by atoms with Gasteiger partial charge in [0.25, 0.3) is 11.8 Å². The van der Waals surface area contributed by atoms with Crippen LogP contribution < -0.4 is 26.8 Å². The number of amides is 4. The number of imidazole rings is 2. The van der Waals surface area contributed by atoms with Crippen LogP contribution in [0.3, 0.4) is 0 Å². The van der Waals surface area contributed by atoms with Gasteiger partial charge in [-0.3, -0.25) is 39.2 Å². The molecule has 57 heavy (non-hydrogen) atoms. The minimum absolute atomic E-state index is 0.00669. The molecule has 20 nitrogen and oxygen atoms in total. The maximum absolute atomic E-state index is 13.5. The zero-order chi connectivity index (χ0) is 41.0. The van der Waals surface area contributed by atoms with Crippen molar-refractivity contribution >= 4 is 63.7 Å². The molecule has 0 bridgehead atoms. The molecule has 0 spiro atoms. The number of hydrogen-bond acceptors (Lipinski definition) is 13. The number of ether oxygens (including phenoxy) is 1. The van der Waals surface area contributed by atoms with Gasteiger partial charge in [-0.15, -0.1) is 0 Å². The second kappa shape index (κ2) is 16.6. The number of fused-ring (bicyclic) bond motifs is 2.